The number of hydrogen-bond acceptors (Lipinski definition) is 6. The molecule has 0 saturated carbocycles. The molecule has 2 aromatic rings. The maximum absolute atomic E-state index is 12.4. The van der Waals surface area contributed by atoms with Crippen LogP contribution in [0.1, 0.15) is 38.1 Å². The lowest BCUT2D eigenvalue weighted by Crippen LogP contribution is -2.41. The Morgan fingerprint density at radius 2 is 1.83 bits per heavy atom. The molecule has 3 amide bonds. The standard InChI is InChI=1S/C20H25N3O6/c1-12(21-18(25)13-8-9-28-11-13)17(24)22-14-6-7-16(27-5)15(10-14)23-19(26)29-20(2,3)4/h6-12H,1-5H3,(H,21,25)(H,22,24)(H,23,26)/t12-/m1/s1. The predicted octanol–water partition coefficient (Wildman–Crippen LogP) is 3.39. The molecule has 1 heterocycles. The summed E-state index contributed by atoms with van der Waals surface area (Å²) in [5.74, 6) is -0.464. The van der Waals surface area contributed by atoms with E-state index in [1.165, 1.54) is 31.8 Å². The number of carbonyl (C=O) groups is 3. The van der Waals surface area contributed by atoms with Crippen molar-refractivity contribution in [2.45, 2.75) is 39.3 Å². The molecule has 9 heteroatoms. The molecule has 29 heavy (non-hydrogen) atoms. The van der Waals surface area contributed by atoms with Crippen molar-refractivity contribution in [1.29, 1.82) is 0 Å². The van der Waals surface area contributed by atoms with Crippen LogP contribution in [0.3, 0.4) is 0 Å². The molecule has 2 rings (SSSR count). The Balaban J connectivity index is 2.05. The Morgan fingerprint density at radius 3 is 2.41 bits per heavy atom. The van der Waals surface area contributed by atoms with Gasteiger partial charge >= 0.3 is 6.09 Å². The summed E-state index contributed by atoms with van der Waals surface area (Å²) in [4.78, 5) is 36.5. The van der Waals surface area contributed by atoms with Gasteiger partial charge in [0.15, 0.2) is 0 Å². The van der Waals surface area contributed by atoms with Gasteiger partial charge in [0.25, 0.3) is 5.91 Å². The highest BCUT2D eigenvalue weighted by molar-refractivity contribution is 6.01. The SMILES string of the molecule is COc1ccc(NC(=O)[C@@H](C)NC(=O)c2ccoc2)cc1NC(=O)OC(C)(C)C. The molecule has 0 spiro atoms. The van der Waals surface area contributed by atoms with Gasteiger partial charge in [-0.3, -0.25) is 14.9 Å². The van der Waals surface area contributed by atoms with Crippen molar-refractivity contribution in [3.05, 3.63) is 42.4 Å². The van der Waals surface area contributed by atoms with E-state index >= 15 is 0 Å². The van der Waals surface area contributed by atoms with Gasteiger partial charge in [-0.2, -0.15) is 0 Å². The van der Waals surface area contributed by atoms with Gasteiger partial charge in [0, 0.05) is 5.69 Å². The Hall–Kier alpha value is -3.49. The quantitative estimate of drug-likeness (QED) is 0.680. The topological polar surface area (TPSA) is 119 Å². The fourth-order valence-electron chi connectivity index (χ4n) is 2.29. The zero-order valence-electron chi connectivity index (χ0n) is 17.0. The highest BCUT2D eigenvalue weighted by Gasteiger charge is 2.20. The summed E-state index contributed by atoms with van der Waals surface area (Å²) in [6, 6.07) is 5.43. The van der Waals surface area contributed by atoms with Gasteiger partial charge in [-0.25, -0.2) is 4.79 Å². The Labute approximate surface area is 168 Å². The van der Waals surface area contributed by atoms with E-state index in [9.17, 15) is 14.4 Å². The molecule has 0 fully saturated rings. The highest BCUT2D eigenvalue weighted by Crippen LogP contribution is 2.28. The van der Waals surface area contributed by atoms with Gasteiger partial charge < -0.3 is 24.5 Å². The lowest BCUT2D eigenvalue weighted by molar-refractivity contribution is -0.117. The van der Waals surface area contributed by atoms with E-state index in [1.807, 2.05) is 0 Å². The zero-order chi connectivity index (χ0) is 21.6. The monoisotopic (exact) mass is 403 g/mol. The number of carbonyl (C=O) groups excluding carboxylic acids is 3. The maximum Gasteiger partial charge on any atom is 0.412 e. The van der Waals surface area contributed by atoms with Gasteiger partial charge in [-0.1, -0.05) is 0 Å². The van der Waals surface area contributed by atoms with Crippen molar-refractivity contribution in [3.63, 3.8) is 0 Å². The molecule has 0 saturated heterocycles. The van der Waals surface area contributed by atoms with Gasteiger partial charge in [0.2, 0.25) is 5.91 Å². The van der Waals surface area contributed by atoms with Crippen molar-refractivity contribution in [2.24, 2.45) is 0 Å². The minimum Gasteiger partial charge on any atom is -0.495 e. The zero-order valence-corrected chi connectivity index (χ0v) is 17.0. The first-order valence-electron chi connectivity index (χ1n) is 8.91. The summed E-state index contributed by atoms with van der Waals surface area (Å²) in [6.45, 7) is 6.80. The van der Waals surface area contributed by atoms with Gasteiger partial charge in [0.1, 0.15) is 23.7 Å². The second kappa shape index (κ2) is 9.13. The van der Waals surface area contributed by atoms with E-state index in [2.05, 4.69) is 16.0 Å². The van der Waals surface area contributed by atoms with Crippen LogP contribution in [0, 0.1) is 0 Å². The molecule has 0 aliphatic carbocycles. The van der Waals surface area contributed by atoms with Gasteiger partial charge in [-0.15, -0.1) is 0 Å². The first-order valence-corrected chi connectivity index (χ1v) is 8.91. The summed E-state index contributed by atoms with van der Waals surface area (Å²) in [7, 11) is 1.46. The van der Waals surface area contributed by atoms with Crippen LogP contribution in [-0.4, -0.2) is 36.7 Å². The average Bonchev–Trinajstić information content (AvgIpc) is 3.15. The van der Waals surface area contributed by atoms with Gasteiger partial charge in [0.05, 0.1) is 24.6 Å². The van der Waals surface area contributed by atoms with Crippen LogP contribution in [0.25, 0.3) is 0 Å². The van der Waals surface area contributed by atoms with Crippen LogP contribution in [0.15, 0.2) is 41.2 Å². The number of amides is 3. The largest absolute Gasteiger partial charge is 0.495 e. The number of nitrogens with one attached hydrogen (secondary N) is 3. The number of anilines is 2. The lowest BCUT2D eigenvalue weighted by atomic mass is 10.2. The van der Waals surface area contributed by atoms with E-state index in [4.69, 9.17) is 13.9 Å². The molecule has 1 aromatic heterocycles. The number of furan rings is 1. The van der Waals surface area contributed by atoms with Crippen LogP contribution in [0.2, 0.25) is 0 Å². The number of ether oxygens (including phenoxy) is 2. The van der Waals surface area contributed by atoms with E-state index in [0.29, 0.717) is 22.7 Å². The van der Waals surface area contributed by atoms with Crippen LogP contribution in [0.4, 0.5) is 16.2 Å². The minimum atomic E-state index is -0.804. The van der Waals surface area contributed by atoms with E-state index in [0.717, 1.165) is 0 Å². The normalized spacial score (nSPS) is 11.9. The van der Waals surface area contributed by atoms with E-state index in [1.54, 1.807) is 39.8 Å². The molecular formula is C20H25N3O6. The molecule has 1 aromatic carbocycles. The van der Waals surface area contributed by atoms with Crippen LogP contribution < -0.4 is 20.7 Å². The maximum atomic E-state index is 12.4. The summed E-state index contributed by atoms with van der Waals surface area (Å²) < 4.78 is 15.3. The molecule has 9 nitrogen and oxygen atoms in total. The Bertz CT molecular complexity index is 871. The first kappa shape index (κ1) is 21.8. The fraction of sp³-hybridized carbons (Fsp3) is 0.350. The molecule has 1 atom stereocenters. The predicted molar refractivity (Wildman–Crippen MR) is 107 cm³/mol. The number of methoxy groups -OCH3 is 1. The van der Waals surface area contributed by atoms with Crippen molar-refractivity contribution in [3.8, 4) is 5.75 Å². The van der Waals surface area contributed by atoms with Crippen molar-refractivity contribution < 1.29 is 28.3 Å². The molecule has 0 aliphatic heterocycles. The number of benzene rings is 1. The molecule has 0 unspecified atom stereocenters. The van der Waals surface area contributed by atoms with E-state index < -0.39 is 29.6 Å². The summed E-state index contributed by atoms with van der Waals surface area (Å²) >= 11 is 0. The number of hydrogen-bond donors (Lipinski definition) is 3. The van der Waals surface area contributed by atoms with Crippen LogP contribution in [0.5, 0.6) is 5.75 Å². The Kier molecular flexibility index (Phi) is 6.87. The lowest BCUT2D eigenvalue weighted by Gasteiger charge is -2.20. The van der Waals surface area contributed by atoms with E-state index in [-0.39, 0.29) is 0 Å². The molecule has 3 N–H and O–H groups in total. The smallest absolute Gasteiger partial charge is 0.412 e. The minimum absolute atomic E-state index is 0.318. The molecular weight excluding hydrogens is 378 g/mol. The second-order valence-corrected chi connectivity index (χ2v) is 7.24. The number of rotatable bonds is 6. The van der Waals surface area contributed by atoms with Crippen molar-refractivity contribution >= 4 is 29.3 Å². The van der Waals surface area contributed by atoms with Crippen molar-refractivity contribution in [1.82, 2.24) is 5.32 Å². The molecule has 156 valence electrons. The first-order chi connectivity index (χ1) is 13.6. The van der Waals surface area contributed by atoms with Crippen LogP contribution >= 0.6 is 0 Å². The Morgan fingerprint density at radius 1 is 1.10 bits per heavy atom. The third kappa shape index (κ3) is 6.56. The molecule has 0 bridgehead atoms. The van der Waals surface area contributed by atoms with Gasteiger partial charge in [-0.05, 0) is 52.0 Å². The summed E-state index contributed by atoms with van der Waals surface area (Å²) in [6.07, 6.45) is 2.01. The summed E-state index contributed by atoms with van der Waals surface area (Å²) in [5, 5.41) is 7.85. The summed E-state index contributed by atoms with van der Waals surface area (Å²) in [5.41, 5.74) is 0.394. The third-order valence-electron chi connectivity index (χ3n) is 3.63. The third-order valence-corrected chi connectivity index (χ3v) is 3.63. The second-order valence-electron chi connectivity index (χ2n) is 7.24. The van der Waals surface area contributed by atoms with Crippen molar-refractivity contribution in [2.75, 3.05) is 17.7 Å². The molecule has 0 aliphatic rings. The average molecular weight is 403 g/mol. The fourth-order valence-corrected chi connectivity index (χ4v) is 2.29. The molecule has 0 radical (unpaired) electrons. The van der Waals surface area contributed by atoms with Crippen LogP contribution in [-0.2, 0) is 9.53 Å². The highest BCUT2D eigenvalue weighted by atomic mass is 16.6.